The molecule has 1 aromatic heterocycles. The Kier molecular flexibility index (Phi) is 4.90. The summed E-state index contributed by atoms with van der Waals surface area (Å²) < 4.78 is 1.95. The summed E-state index contributed by atoms with van der Waals surface area (Å²) in [4.78, 5) is 16.7. The van der Waals surface area contributed by atoms with Gasteiger partial charge in [-0.3, -0.25) is 10.1 Å². The smallest absolute Gasteiger partial charge is 0.258 e. The summed E-state index contributed by atoms with van der Waals surface area (Å²) >= 11 is 6.99. The normalized spacial score (nSPS) is 10.5. The predicted octanol–water partition coefficient (Wildman–Crippen LogP) is 5.43. The molecule has 0 atom stereocenters. The number of carbonyl (C=O) groups is 1. The first-order valence-electron chi connectivity index (χ1n) is 6.41. The average molecular weight is 485 g/mol. The molecule has 0 spiro atoms. The van der Waals surface area contributed by atoms with Gasteiger partial charge in [0.2, 0.25) is 0 Å². The van der Waals surface area contributed by atoms with Gasteiger partial charge in [-0.1, -0.05) is 40.2 Å². The molecule has 0 bridgehead atoms. The molecule has 0 aliphatic heterocycles. The van der Waals surface area contributed by atoms with Crippen LogP contribution in [0, 0.1) is 3.57 Å². The monoisotopic (exact) mass is 484 g/mol. The first kappa shape index (κ1) is 15.6. The highest BCUT2D eigenvalue weighted by atomic mass is 127. The van der Waals surface area contributed by atoms with Gasteiger partial charge in [0.25, 0.3) is 5.91 Å². The van der Waals surface area contributed by atoms with Crippen LogP contribution in [0.5, 0.6) is 0 Å². The number of benzene rings is 2. The molecule has 0 saturated heterocycles. The first-order chi connectivity index (χ1) is 10.6. The molecule has 0 aliphatic rings. The molecule has 0 saturated carbocycles. The average Bonchev–Trinajstić information content (AvgIpc) is 2.97. The summed E-state index contributed by atoms with van der Waals surface area (Å²) in [6, 6.07) is 15.4. The lowest BCUT2D eigenvalue weighted by Gasteiger charge is -2.03. The van der Waals surface area contributed by atoms with Crippen LogP contribution >= 0.6 is 49.9 Å². The number of nitrogens with one attached hydrogen (secondary N) is 1. The largest absolute Gasteiger partial charge is 0.298 e. The van der Waals surface area contributed by atoms with Gasteiger partial charge < -0.3 is 0 Å². The molecule has 3 nitrogen and oxygen atoms in total. The maximum Gasteiger partial charge on any atom is 0.258 e. The van der Waals surface area contributed by atoms with E-state index in [4.69, 9.17) is 0 Å². The number of nitrogens with zero attached hydrogens (tertiary/aromatic N) is 1. The summed E-state index contributed by atoms with van der Waals surface area (Å²) in [7, 11) is 0. The van der Waals surface area contributed by atoms with Crippen LogP contribution in [0.15, 0.2) is 58.4 Å². The van der Waals surface area contributed by atoms with Crippen molar-refractivity contribution in [1.82, 2.24) is 4.98 Å². The Bertz CT molecular complexity index is 817. The summed E-state index contributed by atoms with van der Waals surface area (Å²) in [5.74, 6) is -0.137. The van der Waals surface area contributed by atoms with E-state index in [-0.39, 0.29) is 5.91 Å². The van der Waals surface area contributed by atoms with E-state index in [2.05, 4.69) is 48.8 Å². The fourth-order valence-corrected chi connectivity index (χ4v) is 3.51. The molecule has 2 aromatic carbocycles. The van der Waals surface area contributed by atoms with E-state index in [1.165, 1.54) is 11.3 Å². The van der Waals surface area contributed by atoms with Crippen LogP contribution in [0.3, 0.4) is 0 Å². The van der Waals surface area contributed by atoms with Crippen molar-refractivity contribution in [2.45, 2.75) is 0 Å². The van der Waals surface area contributed by atoms with E-state index in [0.717, 1.165) is 19.3 Å². The molecule has 1 N–H and O–H groups in total. The van der Waals surface area contributed by atoms with Crippen LogP contribution in [-0.4, -0.2) is 10.9 Å². The van der Waals surface area contributed by atoms with Gasteiger partial charge in [-0.15, -0.1) is 11.3 Å². The van der Waals surface area contributed by atoms with Crippen LogP contribution < -0.4 is 5.32 Å². The lowest BCUT2D eigenvalue weighted by Crippen LogP contribution is -2.13. The Morgan fingerprint density at radius 1 is 1.14 bits per heavy atom. The van der Waals surface area contributed by atoms with Gasteiger partial charge in [0.05, 0.1) is 11.3 Å². The minimum absolute atomic E-state index is 0.137. The molecular formula is C16H10BrIN2OS. The van der Waals surface area contributed by atoms with Crippen LogP contribution in [0.1, 0.15) is 10.4 Å². The van der Waals surface area contributed by atoms with Crippen LogP contribution in [-0.2, 0) is 0 Å². The number of halogens is 2. The van der Waals surface area contributed by atoms with Crippen molar-refractivity contribution in [3.05, 3.63) is 67.5 Å². The second kappa shape index (κ2) is 6.89. The van der Waals surface area contributed by atoms with Crippen LogP contribution in [0.4, 0.5) is 5.13 Å². The third-order valence-electron chi connectivity index (χ3n) is 2.98. The van der Waals surface area contributed by atoms with E-state index in [1.54, 1.807) is 6.07 Å². The van der Waals surface area contributed by atoms with Crippen LogP contribution in [0.25, 0.3) is 11.3 Å². The number of rotatable bonds is 3. The predicted molar refractivity (Wildman–Crippen MR) is 102 cm³/mol. The minimum atomic E-state index is -0.137. The van der Waals surface area contributed by atoms with Gasteiger partial charge in [0.15, 0.2) is 5.13 Å². The molecule has 22 heavy (non-hydrogen) atoms. The van der Waals surface area contributed by atoms with Crippen molar-refractivity contribution in [1.29, 1.82) is 0 Å². The first-order valence-corrected chi connectivity index (χ1v) is 9.16. The standard InChI is InChI=1S/C16H10BrIN2OS/c17-11-7-5-10(6-8-11)14-9-22-16(19-14)20-15(21)12-3-1-2-4-13(12)18/h1-9H,(H,19,20,21). The Balaban J connectivity index is 1.78. The maximum absolute atomic E-state index is 12.3. The summed E-state index contributed by atoms with van der Waals surface area (Å²) in [6.07, 6.45) is 0. The highest BCUT2D eigenvalue weighted by Gasteiger charge is 2.12. The number of hydrogen-bond acceptors (Lipinski definition) is 3. The second-order valence-electron chi connectivity index (χ2n) is 4.48. The van der Waals surface area contributed by atoms with Crippen molar-refractivity contribution >= 4 is 60.9 Å². The van der Waals surface area contributed by atoms with Gasteiger partial charge >= 0.3 is 0 Å². The topological polar surface area (TPSA) is 42.0 Å². The van der Waals surface area contributed by atoms with Gasteiger partial charge in [0.1, 0.15) is 0 Å². The summed E-state index contributed by atoms with van der Waals surface area (Å²) in [6.45, 7) is 0. The van der Waals surface area contributed by atoms with Crippen molar-refractivity contribution in [2.75, 3.05) is 5.32 Å². The van der Waals surface area contributed by atoms with E-state index < -0.39 is 0 Å². The van der Waals surface area contributed by atoms with Crippen molar-refractivity contribution < 1.29 is 4.79 Å². The van der Waals surface area contributed by atoms with E-state index in [0.29, 0.717) is 10.7 Å². The number of amides is 1. The number of hydrogen-bond donors (Lipinski definition) is 1. The number of anilines is 1. The Labute approximate surface area is 154 Å². The molecule has 0 fully saturated rings. The SMILES string of the molecule is O=C(Nc1nc(-c2ccc(Br)cc2)cs1)c1ccccc1I. The van der Waals surface area contributed by atoms with Gasteiger partial charge in [-0.25, -0.2) is 4.98 Å². The Morgan fingerprint density at radius 3 is 2.59 bits per heavy atom. The molecule has 110 valence electrons. The molecule has 0 unspecified atom stereocenters. The van der Waals surface area contributed by atoms with Crippen molar-refractivity contribution in [2.24, 2.45) is 0 Å². The molecule has 6 heteroatoms. The second-order valence-corrected chi connectivity index (χ2v) is 7.41. The Hall–Kier alpha value is -1.25. The lowest BCUT2D eigenvalue weighted by molar-refractivity contribution is 0.102. The third-order valence-corrected chi connectivity index (χ3v) is 5.21. The van der Waals surface area contributed by atoms with Gasteiger partial charge in [0, 0.05) is 19.0 Å². The Morgan fingerprint density at radius 2 is 1.86 bits per heavy atom. The van der Waals surface area contributed by atoms with Crippen LogP contribution in [0.2, 0.25) is 0 Å². The number of aromatic nitrogens is 1. The molecule has 3 aromatic rings. The minimum Gasteiger partial charge on any atom is -0.298 e. The van der Waals surface area contributed by atoms with E-state index >= 15 is 0 Å². The fourth-order valence-electron chi connectivity index (χ4n) is 1.89. The number of carbonyl (C=O) groups excluding carboxylic acids is 1. The fraction of sp³-hybridized carbons (Fsp3) is 0. The molecule has 3 rings (SSSR count). The lowest BCUT2D eigenvalue weighted by atomic mass is 10.2. The van der Waals surface area contributed by atoms with Crippen molar-refractivity contribution in [3.63, 3.8) is 0 Å². The van der Waals surface area contributed by atoms with Gasteiger partial charge in [-0.2, -0.15) is 0 Å². The van der Waals surface area contributed by atoms with Gasteiger partial charge in [-0.05, 0) is 46.9 Å². The zero-order chi connectivity index (χ0) is 15.5. The summed E-state index contributed by atoms with van der Waals surface area (Å²) in [5, 5.41) is 5.39. The quantitative estimate of drug-likeness (QED) is 0.503. The third kappa shape index (κ3) is 3.56. The summed E-state index contributed by atoms with van der Waals surface area (Å²) in [5.41, 5.74) is 2.54. The molecule has 0 aliphatic carbocycles. The number of thiazole rings is 1. The zero-order valence-corrected chi connectivity index (χ0v) is 15.8. The van der Waals surface area contributed by atoms with E-state index in [9.17, 15) is 4.79 Å². The zero-order valence-electron chi connectivity index (χ0n) is 11.2. The highest BCUT2D eigenvalue weighted by Crippen LogP contribution is 2.26. The molecule has 1 amide bonds. The molecular weight excluding hydrogens is 475 g/mol. The molecule has 1 heterocycles. The molecule has 0 radical (unpaired) electrons. The maximum atomic E-state index is 12.3. The van der Waals surface area contributed by atoms with Crippen molar-refractivity contribution in [3.8, 4) is 11.3 Å². The van der Waals surface area contributed by atoms with E-state index in [1.807, 2.05) is 47.8 Å². The highest BCUT2D eigenvalue weighted by molar-refractivity contribution is 14.1.